The van der Waals surface area contributed by atoms with Crippen molar-refractivity contribution in [3.63, 3.8) is 0 Å². The Hall–Kier alpha value is -3.30. The molecule has 29 heavy (non-hydrogen) atoms. The zero-order valence-corrected chi connectivity index (χ0v) is 16.5. The Morgan fingerprint density at radius 2 is 1.38 bits per heavy atom. The van der Waals surface area contributed by atoms with Crippen LogP contribution in [0.25, 0.3) is 0 Å². The molecule has 0 fully saturated rings. The Morgan fingerprint density at radius 1 is 0.793 bits per heavy atom. The maximum absolute atomic E-state index is 13.6. The summed E-state index contributed by atoms with van der Waals surface area (Å²) in [6.07, 6.45) is 1.63. The van der Waals surface area contributed by atoms with Crippen molar-refractivity contribution < 1.29 is 9.21 Å². The third-order valence-corrected chi connectivity index (χ3v) is 5.05. The van der Waals surface area contributed by atoms with E-state index in [9.17, 15) is 4.79 Å². The lowest BCUT2D eigenvalue weighted by molar-refractivity contribution is 0.0676. The van der Waals surface area contributed by atoms with Gasteiger partial charge >= 0.3 is 0 Å². The average molecular weight is 402 g/mol. The molecule has 0 spiro atoms. The first-order valence-corrected chi connectivity index (χ1v) is 9.79. The van der Waals surface area contributed by atoms with Crippen molar-refractivity contribution in [2.75, 3.05) is 0 Å². The maximum Gasteiger partial charge on any atom is 0.255 e. The van der Waals surface area contributed by atoms with Crippen molar-refractivity contribution in [2.45, 2.75) is 12.6 Å². The quantitative estimate of drug-likeness (QED) is 0.376. The summed E-state index contributed by atoms with van der Waals surface area (Å²) in [4.78, 5) is 15.5. The summed E-state index contributed by atoms with van der Waals surface area (Å²) in [7, 11) is 0. The molecule has 0 aliphatic rings. The largest absolute Gasteiger partial charge is 0.467 e. The summed E-state index contributed by atoms with van der Waals surface area (Å²) in [5.74, 6) is 0.639. The zero-order chi connectivity index (χ0) is 20.1. The second kappa shape index (κ2) is 8.80. The van der Waals surface area contributed by atoms with E-state index in [-0.39, 0.29) is 11.9 Å². The molecule has 0 N–H and O–H groups in total. The number of carbonyl (C=O) groups is 1. The van der Waals surface area contributed by atoms with E-state index in [4.69, 9.17) is 16.0 Å². The van der Waals surface area contributed by atoms with Crippen LogP contribution in [0.15, 0.2) is 108 Å². The summed E-state index contributed by atoms with van der Waals surface area (Å²) >= 11 is 6.03. The van der Waals surface area contributed by atoms with Gasteiger partial charge in [0, 0.05) is 10.6 Å². The first-order valence-electron chi connectivity index (χ1n) is 9.41. The number of hydrogen-bond donors (Lipinski definition) is 0. The van der Waals surface area contributed by atoms with Crippen LogP contribution < -0.4 is 0 Å². The highest BCUT2D eigenvalue weighted by Crippen LogP contribution is 2.31. The van der Waals surface area contributed by atoms with E-state index >= 15 is 0 Å². The Kier molecular flexibility index (Phi) is 5.78. The lowest BCUT2D eigenvalue weighted by Crippen LogP contribution is -2.35. The maximum atomic E-state index is 13.6. The van der Waals surface area contributed by atoms with E-state index in [0.717, 1.165) is 16.9 Å². The third kappa shape index (κ3) is 4.41. The van der Waals surface area contributed by atoms with Crippen LogP contribution >= 0.6 is 11.6 Å². The normalized spacial score (nSPS) is 10.8. The van der Waals surface area contributed by atoms with Gasteiger partial charge in [-0.25, -0.2) is 0 Å². The van der Waals surface area contributed by atoms with Gasteiger partial charge in [-0.1, -0.05) is 72.3 Å². The predicted octanol–water partition coefficient (Wildman–Crippen LogP) is 6.37. The Bertz CT molecular complexity index is 1010. The molecule has 144 valence electrons. The number of amides is 1. The lowest BCUT2D eigenvalue weighted by atomic mass is 9.96. The number of benzene rings is 3. The van der Waals surface area contributed by atoms with Gasteiger partial charge in [0.05, 0.1) is 18.8 Å². The van der Waals surface area contributed by atoms with Crippen LogP contribution in [-0.4, -0.2) is 10.8 Å². The fraction of sp³-hybridized carbons (Fsp3) is 0.0800. The average Bonchev–Trinajstić information content (AvgIpc) is 3.28. The van der Waals surface area contributed by atoms with Gasteiger partial charge in [0.1, 0.15) is 5.76 Å². The van der Waals surface area contributed by atoms with E-state index in [1.807, 2.05) is 77.7 Å². The molecule has 0 radical (unpaired) electrons. The van der Waals surface area contributed by atoms with Crippen molar-refractivity contribution in [3.05, 3.63) is 131 Å². The fourth-order valence-corrected chi connectivity index (χ4v) is 3.56. The van der Waals surface area contributed by atoms with E-state index < -0.39 is 0 Å². The molecule has 0 saturated heterocycles. The van der Waals surface area contributed by atoms with Crippen molar-refractivity contribution >= 4 is 17.5 Å². The Morgan fingerprint density at radius 3 is 1.90 bits per heavy atom. The predicted molar refractivity (Wildman–Crippen MR) is 115 cm³/mol. The van der Waals surface area contributed by atoms with E-state index in [0.29, 0.717) is 17.1 Å². The summed E-state index contributed by atoms with van der Waals surface area (Å²) in [5.41, 5.74) is 2.65. The van der Waals surface area contributed by atoms with Crippen LogP contribution in [0, 0.1) is 0 Å². The van der Waals surface area contributed by atoms with Gasteiger partial charge in [0.25, 0.3) is 5.91 Å². The summed E-state index contributed by atoms with van der Waals surface area (Å²) < 4.78 is 5.58. The smallest absolute Gasteiger partial charge is 0.255 e. The van der Waals surface area contributed by atoms with Gasteiger partial charge in [0.15, 0.2) is 0 Å². The number of hydrogen-bond acceptors (Lipinski definition) is 2. The molecular weight excluding hydrogens is 382 g/mol. The number of carbonyl (C=O) groups excluding carboxylic acids is 1. The first-order chi connectivity index (χ1) is 14.2. The summed E-state index contributed by atoms with van der Waals surface area (Å²) in [6, 6.07) is 30.5. The monoisotopic (exact) mass is 401 g/mol. The number of furan rings is 1. The highest BCUT2D eigenvalue weighted by molar-refractivity contribution is 6.30. The first kappa shape index (κ1) is 19.0. The molecular formula is C25H20ClNO2. The van der Waals surface area contributed by atoms with Crippen molar-refractivity contribution in [1.82, 2.24) is 4.90 Å². The molecule has 4 rings (SSSR count). The lowest BCUT2D eigenvalue weighted by Gasteiger charge is -2.32. The Labute approximate surface area is 175 Å². The molecule has 1 amide bonds. The SMILES string of the molecule is O=C(c1ccc(Cl)cc1)N(Cc1ccco1)C(c1ccccc1)c1ccccc1. The number of nitrogens with zero attached hydrogens (tertiary/aromatic N) is 1. The molecule has 1 aromatic heterocycles. The molecule has 0 unspecified atom stereocenters. The van der Waals surface area contributed by atoms with E-state index in [1.54, 1.807) is 30.5 Å². The molecule has 0 aliphatic heterocycles. The minimum Gasteiger partial charge on any atom is -0.467 e. The third-order valence-electron chi connectivity index (χ3n) is 4.80. The van der Waals surface area contributed by atoms with Crippen LogP contribution in [0.4, 0.5) is 0 Å². The van der Waals surface area contributed by atoms with Crippen molar-refractivity contribution in [2.24, 2.45) is 0 Å². The van der Waals surface area contributed by atoms with Gasteiger partial charge in [-0.3, -0.25) is 4.79 Å². The Balaban J connectivity index is 1.81. The van der Waals surface area contributed by atoms with E-state index in [2.05, 4.69) is 0 Å². The molecule has 0 bridgehead atoms. The van der Waals surface area contributed by atoms with Gasteiger partial charge in [-0.05, 0) is 47.5 Å². The van der Waals surface area contributed by atoms with Crippen LogP contribution in [0.5, 0.6) is 0 Å². The molecule has 3 aromatic carbocycles. The molecule has 4 aromatic rings. The van der Waals surface area contributed by atoms with Crippen LogP contribution in [0.3, 0.4) is 0 Å². The number of halogens is 1. The molecule has 0 atom stereocenters. The van der Waals surface area contributed by atoms with E-state index in [1.165, 1.54) is 0 Å². The highest BCUT2D eigenvalue weighted by Gasteiger charge is 2.28. The second-order valence-corrected chi connectivity index (χ2v) is 7.18. The second-order valence-electron chi connectivity index (χ2n) is 6.74. The molecule has 0 aliphatic carbocycles. The van der Waals surface area contributed by atoms with Crippen LogP contribution in [0.1, 0.15) is 33.3 Å². The molecule has 3 nitrogen and oxygen atoms in total. The zero-order valence-electron chi connectivity index (χ0n) is 15.7. The minimum atomic E-state index is -0.259. The van der Waals surface area contributed by atoms with Gasteiger partial charge in [-0.15, -0.1) is 0 Å². The molecule has 4 heteroatoms. The van der Waals surface area contributed by atoms with Crippen molar-refractivity contribution in [1.29, 1.82) is 0 Å². The van der Waals surface area contributed by atoms with Crippen LogP contribution in [-0.2, 0) is 6.54 Å². The van der Waals surface area contributed by atoms with Crippen LogP contribution in [0.2, 0.25) is 5.02 Å². The summed E-state index contributed by atoms with van der Waals surface area (Å²) in [5, 5.41) is 0.599. The summed E-state index contributed by atoms with van der Waals surface area (Å²) in [6.45, 7) is 0.350. The standard InChI is InChI=1S/C25H20ClNO2/c26-22-15-13-21(14-16-22)25(28)27(18-23-12-7-17-29-23)24(19-8-3-1-4-9-19)20-10-5-2-6-11-20/h1-17,24H,18H2. The topological polar surface area (TPSA) is 33.5 Å². The minimum absolute atomic E-state index is 0.0872. The van der Waals surface area contributed by atoms with Crippen molar-refractivity contribution in [3.8, 4) is 0 Å². The van der Waals surface area contributed by atoms with Gasteiger partial charge < -0.3 is 9.32 Å². The fourth-order valence-electron chi connectivity index (χ4n) is 3.43. The van der Waals surface area contributed by atoms with Gasteiger partial charge in [0.2, 0.25) is 0 Å². The molecule has 1 heterocycles. The number of rotatable bonds is 6. The van der Waals surface area contributed by atoms with Gasteiger partial charge in [-0.2, -0.15) is 0 Å². The molecule has 0 saturated carbocycles. The highest BCUT2D eigenvalue weighted by atomic mass is 35.5.